The van der Waals surface area contributed by atoms with Crippen LogP contribution in [0.5, 0.6) is 0 Å². The van der Waals surface area contributed by atoms with Gasteiger partial charge in [0.25, 0.3) is 0 Å². The summed E-state index contributed by atoms with van der Waals surface area (Å²) in [5.41, 5.74) is 4.13. The molecule has 121 heavy (non-hydrogen) atoms. The minimum Gasteiger partial charge on any atom is -0.358 e. The van der Waals surface area contributed by atoms with E-state index in [1.807, 2.05) is 121 Å². The second kappa shape index (κ2) is 101. The van der Waals surface area contributed by atoms with Crippen molar-refractivity contribution in [3.05, 3.63) is 236 Å². The average molecular weight is 2210 g/mol. The predicted octanol–water partition coefficient (Wildman–Crippen LogP) is 34.4. The smallest absolute Gasteiger partial charge is 0.162 e. The molecule has 672 valence electrons. The predicted molar refractivity (Wildman–Crippen MR) is 588 cm³/mol. The Labute approximate surface area is 799 Å². The number of hydrogen-bond acceptors (Lipinski definition) is 9. The fourth-order valence-electron chi connectivity index (χ4n) is 10.0. The third-order valence-electron chi connectivity index (χ3n) is 15.9. The van der Waals surface area contributed by atoms with Gasteiger partial charge in [-0.2, -0.15) is 0 Å². The maximum absolute atomic E-state index is 11.8. The first-order chi connectivity index (χ1) is 58.4. The van der Waals surface area contributed by atoms with E-state index in [0.717, 1.165) is 125 Å². The zero-order valence-corrected chi connectivity index (χ0v) is 97.9. The zero-order valence-electron chi connectivity index (χ0n) is 74.7. The quantitative estimate of drug-likeness (QED) is 0.0211. The van der Waals surface area contributed by atoms with Crippen LogP contribution in [0.15, 0.2) is 207 Å². The topological polar surface area (TPSA) is 98.8 Å². The van der Waals surface area contributed by atoms with Crippen molar-refractivity contribution in [2.45, 2.75) is 272 Å². The van der Waals surface area contributed by atoms with Gasteiger partial charge in [-0.3, -0.25) is 9.13 Å². The number of rotatable bonds is 54. The van der Waals surface area contributed by atoms with Crippen LogP contribution in [0.25, 0.3) is 12.2 Å². The van der Waals surface area contributed by atoms with E-state index in [0.29, 0.717) is 39.6 Å². The van der Waals surface area contributed by atoms with Crippen LogP contribution in [0.1, 0.15) is 253 Å². The number of hydrogen-bond donors (Lipinski definition) is 0. The fourth-order valence-corrected chi connectivity index (χ4v) is 18.3. The second-order valence-corrected chi connectivity index (χ2v) is 48.5. The van der Waals surface area contributed by atoms with Gasteiger partial charge in [-0.05, 0) is 110 Å². The second-order valence-electron chi connectivity index (χ2n) is 25.6. The molecule has 0 aromatic heterocycles. The normalized spacial score (nSPS) is 14.8. The first-order valence-electron chi connectivity index (χ1n) is 41.8. The molecule has 0 N–H and O–H groups in total. The van der Waals surface area contributed by atoms with E-state index < -0.39 is 22.6 Å². The van der Waals surface area contributed by atoms with Crippen LogP contribution in [0.2, 0.25) is 0 Å². The summed E-state index contributed by atoms with van der Waals surface area (Å²) in [6, 6.07) is 16.4. The van der Waals surface area contributed by atoms with Crippen LogP contribution in [0.3, 0.4) is 0 Å². The maximum atomic E-state index is 11.8. The summed E-state index contributed by atoms with van der Waals surface area (Å²) in [6.45, 7) is 30.9. The molecule has 0 bridgehead atoms. The molecule has 0 fully saturated rings. The Kier molecular flexibility index (Phi) is 109. The molecule has 9 nitrogen and oxygen atoms in total. The molecule has 0 saturated heterocycles. The van der Waals surface area contributed by atoms with Gasteiger partial charge in [0.2, 0.25) is 0 Å². The molecule has 28 heteroatoms. The molecule has 0 spiro atoms. The molecule has 0 aliphatic rings. The van der Waals surface area contributed by atoms with Crippen molar-refractivity contribution in [2.24, 2.45) is 11.8 Å². The van der Waals surface area contributed by atoms with Crippen molar-refractivity contribution in [1.29, 1.82) is 0 Å². The summed E-state index contributed by atoms with van der Waals surface area (Å²) in [5.74, 6) is 26.0. The third-order valence-corrected chi connectivity index (χ3v) is 24.0. The number of benzene rings is 2. The van der Waals surface area contributed by atoms with Gasteiger partial charge in [0, 0.05) is 105 Å². The molecule has 0 heterocycles. The van der Waals surface area contributed by atoms with E-state index in [2.05, 4.69) is 331 Å². The Hall–Kier alpha value is 0.762. The van der Waals surface area contributed by atoms with E-state index in [4.69, 9.17) is 31.7 Å². The summed E-state index contributed by atoms with van der Waals surface area (Å²) in [7, 11) is 25.6. The van der Waals surface area contributed by atoms with Crippen molar-refractivity contribution in [2.75, 3.05) is 0 Å². The molecular weight excluding hydrogens is 2060 g/mol. The summed E-state index contributed by atoms with van der Waals surface area (Å²) < 4.78 is 64.9. The van der Waals surface area contributed by atoms with E-state index in [-0.39, 0.29) is 119 Å². The molecule has 0 amide bonds. The molecule has 0 aliphatic heterocycles. The minimum absolute atomic E-state index is 0. The van der Waals surface area contributed by atoms with Crippen LogP contribution in [-0.4, -0.2) is 41.8 Å². The summed E-state index contributed by atoms with van der Waals surface area (Å²) in [4.78, 5) is 0. The van der Waals surface area contributed by atoms with Crippen LogP contribution in [0.4, 0.5) is 0 Å². The molecule has 0 aliphatic carbocycles. The summed E-state index contributed by atoms with van der Waals surface area (Å²) in [5, 5.41) is 0. The van der Waals surface area contributed by atoms with Crippen molar-refractivity contribution < 1.29 is 71.9 Å². The van der Waals surface area contributed by atoms with Crippen molar-refractivity contribution >= 4 is 167 Å². The van der Waals surface area contributed by atoms with Crippen molar-refractivity contribution in [3.8, 4) is 47.4 Å². The van der Waals surface area contributed by atoms with Crippen LogP contribution in [0, 0.1) is 97.2 Å². The van der Waals surface area contributed by atoms with E-state index in [1.165, 1.54) is 6.42 Å². The molecule has 0 radical (unpaired) electrons. The molecular formula is C93H151O9P18U-. The Morgan fingerprint density at radius 1 is 0.446 bits per heavy atom. The van der Waals surface area contributed by atoms with Crippen LogP contribution < -0.4 is 0 Å². The number of unbranched alkanes of at least 4 members (excludes halogenated alkanes) is 3. The minimum atomic E-state index is -0.682. The van der Waals surface area contributed by atoms with E-state index in [9.17, 15) is 9.13 Å². The Morgan fingerprint density at radius 3 is 1.28 bits per heavy atom. The van der Waals surface area contributed by atoms with Gasteiger partial charge >= 0.3 is 0 Å². The third kappa shape index (κ3) is 80.2. The van der Waals surface area contributed by atoms with Crippen LogP contribution in [-0.2, 0) is 40.8 Å². The van der Waals surface area contributed by atoms with Gasteiger partial charge in [-0.25, -0.2) is 19.1 Å². The molecule has 2 aromatic rings. The monoisotopic (exact) mass is 2210 g/mol. The van der Waals surface area contributed by atoms with Crippen molar-refractivity contribution in [3.63, 3.8) is 0 Å². The van der Waals surface area contributed by atoms with Gasteiger partial charge in [-0.1, -0.05) is 403 Å². The van der Waals surface area contributed by atoms with Crippen molar-refractivity contribution in [1.82, 2.24) is 0 Å². The largest absolute Gasteiger partial charge is 0.358 e. The average Bonchev–Trinajstić information content (AvgIpc) is 0.850. The summed E-state index contributed by atoms with van der Waals surface area (Å²) >= 11 is 0. The first kappa shape index (κ1) is 130. The molecule has 24 atom stereocenters. The Morgan fingerprint density at radius 2 is 0.868 bits per heavy atom. The van der Waals surface area contributed by atoms with Gasteiger partial charge < -0.3 is 31.7 Å². The molecule has 2 aromatic carbocycles. The van der Waals surface area contributed by atoms with Gasteiger partial charge in [0.15, 0.2) is 16.9 Å². The molecule has 24 unspecified atom stereocenters. The summed E-state index contributed by atoms with van der Waals surface area (Å²) in [6.07, 6.45) is 76.8. The van der Waals surface area contributed by atoms with E-state index >= 15 is 0 Å². The first-order valence-corrected chi connectivity index (χ1v) is 65.7. The SMILES string of the molecule is CC.CC.CCC#CCC(/C=C/C#C/C=C/C=C/C(OPP)C(C)C/C=C\CCC)OP(P)P.CCC#CCC(OP(P)P)c1ccccc1/C=C/C(OPP)C(C/C=C\CCC)P=O.CCC#CCC(OP(P)P)c1ccccc1C=CC(OPP)C(CC=CCCC)P=O.[CH2-]C=CCC(C)C=CC=CCC=CCC=CC=CC(CCC)OP.[U]. The van der Waals surface area contributed by atoms with E-state index in [1.54, 1.807) is 0 Å². The van der Waals surface area contributed by atoms with Gasteiger partial charge in [0.05, 0.1) is 76.6 Å². The molecule has 2 rings (SSSR count). The molecule has 0 saturated carbocycles. The fraction of sp³-hybridized carbons (Fsp3) is 0.473. The zero-order chi connectivity index (χ0) is 90.1. The van der Waals surface area contributed by atoms with Gasteiger partial charge in [-0.15, -0.1) is 35.5 Å². The standard InChI is InChI=1S/C23H37O2P5.2C22H34O3P6.C22H34OP.2C2H6.U/c1-4-6-8-14-17-21(3)23(24-29-26)20-16-12-10-9-11-15-19-22(25-30(27)28)18-13-7-5-2;2*1-3-5-7-9-15-22(29-23)21(24-30-26)17-16-18-12-10-11-13-19(18)20(25-31(27)28)14-8-6-4-2;1-4-6-18-21(3)19-15-13-11-9-7-8-10-12-14-16-20-22(23-24)17-5-2;2*1-2;/h8,10,12,14-16,19-23,29H,4-6,17-18,26-28H2,1-3H3;2*7,9-13,16-17,20-22,30H,3-5,14-15,26-28H2,1-2H3;4,6-8,11-16,19-22H,1,5,9-10,17-18,24H2,2-3H3;2*1-2H3;/q;;;-1;;;/b12-10+,14-8-,19-15+,20-16+;9-7-,17-16+;;;;;. The Bertz CT molecular complexity index is 3410. The maximum Gasteiger partial charge on any atom is 0.162 e. The number of allylic oxidation sites excluding steroid dienone is 21. The Balaban J connectivity index is -0.000000488. The van der Waals surface area contributed by atoms with Crippen LogP contribution >= 0.6 is 155 Å². The van der Waals surface area contributed by atoms with Gasteiger partial charge in [0.1, 0.15) is 0 Å².